The van der Waals surface area contributed by atoms with Crippen molar-refractivity contribution in [1.29, 1.82) is 0 Å². The maximum atomic E-state index is 12.3. The first-order chi connectivity index (χ1) is 12.4. The first kappa shape index (κ1) is 20.0. The number of nitrogens with zero attached hydrogens (tertiary/aromatic N) is 2. The number of ether oxygens (including phenoxy) is 1. The Hall–Kier alpha value is -2.27. The fourth-order valence-corrected chi connectivity index (χ4v) is 2.80. The quantitative estimate of drug-likeness (QED) is 0.758. The van der Waals surface area contributed by atoms with Gasteiger partial charge in [0.25, 0.3) is 5.91 Å². The molecular weight excluding hydrogens is 350 g/mol. The molecule has 0 spiro atoms. The summed E-state index contributed by atoms with van der Waals surface area (Å²) >= 11 is 5.94. The molecule has 0 aliphatic rings. The van der Waals surface area contributed by atoms with Crippen LogP contribution in [0.3, 0.4) is 0 Å². The lowest BCUT2D eigenvalue weighted by atomic mass is 10.2. The van der Waals surface area contributed by atoms with Crippen LogP contribution in [0, 0.1) is 6.92 Å². The van der Waals surface area contributed by atoms with E-state index in [4.69, 9.17) is 16.3 Å². The first-order valence-electron chi connectivity index (χ1n) is 8.85. The third-order valence-electron chi connectivity index (χ3n) is 4.17. The third kappa shape index (κ3) is 5.36. The van der Waals surface area contributed by atoms with Crippen molar-refractivity contribution < 1.29 is 9.53 Å². The number of carbonyl (C=O) groups excluding carboxylic acids is 1. The van der Waals surface area contributed by atoms with Crippen molar-refractivity contribution in [3.05, 3.63) is 52.7 Å². The highest BCUT2D eigenvalue weighted by molar-refractivity contribution is 6.30. The number of benzene rings is 1. The molecule has 5 nitrogen and oxygen atoms in total. The van der Waals surface area contributed by atoms with E-state index in [2.05, 4.69) is 29.0 Å². The average molecular weight is 376 g/mol. The van der Waals surface area contributed by atoms with Crippen molar-refractivity contribution in [3.63, 3.8) is 0 Å². The number of amides is 1. The number of halogens is 1. The fraction of sp³-hybridized carbons (Fsp3) is 0.400. The molecule has 1 N–H and O–H groups in total. The Bertz CT molecular complexity index is 730. The molecule has 1 amide bonds. The van der Waals surface area contributed by atoms with Crippen LogP contribution in [0.2, 0.25) is 5.02 Å². The van der Waals surface area contributed by atoms with Crippen LogP contribution in [0.15, 0.2) is 36.5 Å². The van der Waals surface area contributed by atoms with Gasteiger partial charge in [0.15, 0.2) is 6.10 Å². The molecule has 2 aromatic rings. The number of nitrogens with one attached hydrogen (secondary N) is 1. The molecule has 1 aromatic carbocycles. The number of pyridine rings is 1. The summed E-state index contributed by atoms with van der Waals surface area (Å²) in [5.74, 6) is 1.43. The lowest BCUT2D eigenvalue weighted by Gasteiger charge is -2.20. The van der Waals surface area contributed by atoms with Crippen LogP contribution in [-0.2, 0) is 11.3 Å². The highest BCUT2D eigenvalue weighted by Gasteiger charge is 2.15. The van der Waals surface area contributed by atoms with Gasteiger partial charge in [0.05, 0.1) is 0 Å². The summed E-state index contributed by atoms with van der Waals surface area (Å²) in [6, 6.07) is 9.29. The lowest BCUT2D eigenvalue weighted by molar-refractivity contribution is -0.127. The zero-order chi connectivity index (χ0) is 19.1. The van der Waals surface area contributed by atoms with Crippen molar-refractivity contribution in [3.8, 4) is 5.75 Å². The summed E-state index contributed by atoms with van der Waals surface area (Å²) in [5, 5.41) is 3.53. The van der Waals surface area contributed by atoms with Gasteiger partial charge in [-0.25, -0.2) is 4.98 Å². The van der Waals surface area contributed by atoms with Crippen LogP contribution >= 0.6 is 11.6 Å². The summed E-state index contributed by atoms with van der Waals surface area (Å²) in [7, 11) is 0. The van der Waals surface area contributed by atoms with Crippen LogP contribution in [0.5, 0.6) is 5.75 Å². The fourth-order valence-electron chi connectivity index (χ4n) is 2.58. The molecule has 0 saturated heterocycles. The van der Waals surface area contributed by atoms with Crippen molar-refractivity contribution in [2.24, 2.45) is 0 Å². The Morgan fingerprint density at radius 1 is 1.27 bits per heavy atom. The molecule has 0 saturated carbocycles. The van der Waals surface area contributed by atoms with Crippen LogP contribution in [0.4, 0.5) is 5.82 Å². The molecule has 0 bridgehead atoms. The van der Waals surface area contributed by atoms with Gasteiger partial charge in [0, 0.05) is 30.9 Å². The number of aryl methyl sites for hydroxylation is 1. The number of hydrogen-bond donors (Lipinski definition) is 1. The predicted octanol–water partition coefficient (Wildman–Crippen LogP) is 3.97. The molecule has 0 aliphatic carbocycles. The van der Waals surface area contributed by atoms with Crippen molar-refractivity contribution in [1.82, 2.24) is 10.3 Å². The molecule has 2 rings (SSSR count). The minimum absolute atomic E-state index is 0.174. The average Bonchev–Trinajstić information content (AvgIpc) is 2.64. The van der Waals surface area contributed by atoms with Crippen LogP contribution in [-0.4, -0.2) is 30.1 Å². The van der Waals surface area contributed by atoms with E-state index in [1.807, 2.05) is 25.1 Å². The van der Waals surface area contributed by atoms with E-state index < -0.39 is 6.10 Å². The highest BCUT2D eigenvalue weighted by Crippen LogP contribution is 2.22. The number of hydrogen-bond acceptors (Lipinski definition) is 4. The normalized spacial score (nSPS) is 11.7. The van der Waals surface area contributed by atoms with Gasteiger partial charge in [0.2, 0.25) is 0 Å². The Kier molecular flexibility index (Phi) is 7.27. The van der Waals surface area contributed by atoms with E-state index in [-0.39, 0.29) is 5.91 Å². The second-order valence-electron chi connectivity index (χ2n) is 6.08. The number of aromatic nitrogens is 1. The zero-order valence-corrected chi connectivity index (χ0v) is 16.5. The van der Waals surface area contributed by atoms with Gasteiger partial charge in [-0.2, -0.15) is 0 Å². The molecule has 26 heavy (non-hydrogen) atoms. The summed E-state index contributed by atoms with van der Waals surface area (Å²) in [6.45, 7) is 10.1. The molecule has 1 heterocycles. The van der Waals surface area contributed by atoms with Crippen molar-refractivity contribution >= 4 is 23.3 Å². The van der Waals surface area contributed by atoms with E-state index in [9.17, 15) is 4.79 Å². The number of carbonyl (C=O) groups is 1. The van der Waals surface area contributed by atoms with Gasteiger partial charge in [-0.1, -0.05) is 17.7 Å². The van der Waals surface area contributed by atoms with Gasteiger partial charge in [-0.05, 0) is 63.1 Å². The van der Waals surface area contributed by atoms with Crippen LogP contribution in [0.1, 0.15) is 31.9 Å². The van der Waals surface area contributed by atoms with E-state index in [1.54, 1.807) is 25.3 Å². The van der Waals surface area contributed by atoms with Gasteiger partial charge in [-0.3, -0.25) is 4.79 Å². The highest BCUT2D eigenvalue weighted by atomic mass is 35.5. The van der Waals surface area contributed by atoms with Crippen LogP contribution < -0.4 is 15.0 Å². The zero-order valence-electron chi connectivity index (χ0n) is 15.8. The second kappa shape index (κ2) is 9.43. The van der Waals surface area contributed by atoms with E-state index in [0.717, 1.165) is 30.0 Å². The molecule has 1 aromatic heterocycles. The maximum absolute atomic E-state index is 12.3. The minimum Gasteiger partial charge on any atom is -0.481 e. The summed E-state index contributed by atoms with van der Waals surface area (Å²) in [5.41, 5.74) is 1.84. The maximum Gasteiger partial charge on any atom is 0.261 e. The van der Waals surface area contributed by atoms with Crippen molar-refractivity contribution in [2.75, 3.05) is 18.0 Å². The Balaban J connectivity index is 1.89. The summed E-state index contributed by atoms with van der Waals surface area (Å²) < 4.78 is 5.74. The molecule has 6 heteroatoms. The smallest absolute Gasteiger partial charge is 0.261 e. The van der Waals surface area contributed by atoms with Crippen LogP contribution in [0.25, 0.3) is 0 Å². The Labute approximate surface area is 160 Å². The van der Waals surface area contributed by atoms with Crippen molar-refractivity contribution in [2.45, 2.75) is 40.3 Å². The second-order valence-corrected chi connectivity index (χ2v) is 6.52. The lowest BCUT2D eigenvalue weighted by Crippen LogP contribution is -2.36. The minimum atomic E-state index is -0.599. The van der Waals surface area contributed by atoms with Gasteiger partial charge < -0.3 is 15.0 Å². The Morgan fingerprint density at radius 3 is 2.58 bits per heavy atom. The standard InChI is InChI=1S/C20H26ClN3O2/c1-5-24(6-2)19-10-7-16(12-22-19)13-23-20(25)15(4)26-18-9-8-17(21)11-14(18)3/h7-12,15H,5-6,13H2,1-4H3,(H,23,25)/t15-/m0/s1. The monoisotopic (exact) mass is 375 g/mol. The van der Waals surface area contributed by atoms with E-state index in [1.165, 1.54) is 0 Å². The van der Waals surface area contributed by atoms with Gasteiger partial charge in [0.1, 0.15) is 11.6 Å². The first-order valence-corrected chi connectivity index (χ1v) is 9.22. The SMILES string of the molecule is CCN(CC)c1ccc(CNC(=O)[C@H](C)Oc2ccc(Cl)cc2C)cn1. The molecule has 1 atom stereocenters. The third-order valence-corrected chi connectivity index (χ3v) is 4.41. The number of rotatable bonds is 8. The predicted molar refractivity (Wildman–Crippen MR) is 106 cm³/mol. The van der Waals surface area contributed by atoms with E-state index >= 15 is 0 Å². The molecule has 0 aliphatic heterocycles. The molecule has 0 fully saturated rings. The summed E-state index contributed by atoms with van der Waals surface area (Å²) in [4.78, 5) is 18.9. The number of anilines is 1. The van der Waals surface area contributed by atoms with Gasteiger partial charge >= 0.3 is 0 Å². The molecule has 140 valence electrons. The summed E-state index contributed by atoms with van der Waals surface area (Å²) in [6.07, 6.45) is 1.20. The molecule has 0 unspecified atom stereocenters. The topological polar surface area (TPSA) is 54.5 Å². The largest absolute Gasteiger partial charge is 0.481 e. The molecular formula is C20H26ClN3O2. The van der Waals surface area contributed by atoms with E-state index in [0.29, 0.717) is 17.3 Å². The van der Waals surface area contributed by atoms with Gasteiger partial charge in [-0.15, -0.1) is 0 Å². The molecule has 0 radical (unpaired) electrons. The Morgan fingerprint density at radius 2 is 2.00 bits per heavy atom.